The SMILES string of the molecule is CC(C)C1(C)NC(c2c(F)cccc2C(=O)O)NC1=S. The zero-order valence-electron chi connectivity index (χ0n) is 11.5. The molecule has 1 saturated heterocycles. The molecule has 2 atom stereocenters. The Morgan fingerprint density at radius 2 is 2.15 bits per heavy atom. The third-order valence-electron chi connectivity index (χ3n) is 3.92. The van der Waals surface area contributed by atoms with E-state index in [-0.39, 0.29) is 17.0 Å². The van der Waals surface area contributed by atoms with Crippen LogP contribution in [0.1, 0.15) is 42.9 Å². The van der Waals surface area contributed by atoms with E-state index in [1.807, 2.05) is 20.8 Å². The van der Waals surface area contributed by atoms with Crippen molar-refractivity contribution in [2.45, 2.75) is 32.5 Å². The van der Waals surface area contributed by atoms with Gasteiger partial charge in [-0.25, -0.2) is 9.18 Å². The minimum absolute atomic E-state index is 0.0641. The second-order valence-corrected chi connectivity index (χ2v) is 5.82. The third-order valence-corrected chi connectivity index (χ3v) is 4.46. The van der Waals surface area contributed by atoms with E-state index in [9.17, 15) is 14.3 Å². The normalized spacial score (nSPS) is 25.9. The van der Waals surface area contributed by atoms with E-state index in [0.717, 1.165) is 0 Å². The molecule has 2 rings (SSSR count). The molecule has 0 spiro atoms. The van der Waals surface area contributed by atoms with E-state index in [1.165, 1.54) is 18.2 Å². The van der Waals surface area contributed by atoms with Crippen molar-refractivity contribution in [2.75, 3.05) is 0 Å². The first-order valence-corrected chi connectivity index (χ1v) is 6.78. The summed E-state index contributed by atoms with van der Waals surface area (Å²) in [7, 11) is 0. The van der Waals surface area contributed by atoms with Gasteiger partial charge in [0.1, 0.15) is 12.0 Å². The van der Waals surface area contributed by atoms with Gasteiger partial charge >= 0.3 is 5.97 Å². The number of aromatic carboxylic acids is 1. The van der Waals surface area contributed by atoms with E-state index in [0.29, 0.717) is 4.99 Å². The van der Waals surface area contributed by atoms with Crippen LogP contribution < -0.4 is 10.6 Å². The highest BCUT2D eigenvalue weighted by Crippen LogP contribution is 2.31. The number of hydrogen-bond acceptors (Lipinski definition) is 3. The van der Waals surface area contributed by atoms with Crippen molar-refractivity contribution in [3.63, 3.8) is 0 Å². The van der Waals surface area contributed by atoms with Crippen molar-refractivity contribution in [1.29, 1.82) is 0 Å². The maximum Gasteiger partial charge on any atom is 0.336 e. The quantitative estimate of drug-likeness (QED) is 0.748. The fourth-order valence-electron chi connectivity index (χ4n) is 2.27. The Morgan fingerprint density at radius 1 is 1.50 bits per heavy atom. The van der Waals surface area contributed by atoms with Crippen LogP contribution in [0, 0.1) is 11.7 Å². The van der Waals surface area contributed by atoms with E-state index in [4.69, 9.17) is 12.2 Å². The topological polar surface area (TPSA) is 61.4 Å². The van der Waals surface area contributed by atoms with Crippen molar-refractivity contribution in [3.05, 3.63) is 35.1 Å². The molecule has 4 nitrogen and oxygen atoms in total. The summed E-state index contributed by atoms with van der Waals surface area (Å²) < 4.78 is 14.1. The summed E-state index contributed by atoms with van der Waals surface area (Å²) in [6.45, 7) is 5.93. The lowest BCUT2D eigenvalue weighted by Gasteiger charge is -2.28. The van der Waals surface area contributed by atoms with Crippen LogP contribution in [0.3, 0.4) is 0 Å². The fourth-order valence-corrected chi connectivity index (χ4v) is 2.69. The first-order chi connectivity index (χ1) is 9.27. The van der Waals surface area contributed by atoms with Crippen LogP contribution in [-0.2, 0) is 0 Å². The molecule has 0 aliphatic carbocycles. The van der Waals surface area contributed by atoms with Crippen LogP contribution >= 0.6 is 12.2 Å². The summed E-state index contributed by atoms with van der Waals surface area (Å²) in [5.41, 5.74) is -0.463. The summed E-state index contributed by atoms with van der Waals surface area (Å²) in [5, 5.41) is 15.4. The van der Waals surface area contributed by atoms with E-state index in [1.54, 1.807) is 0 Å². The van der Waals surface area contributed by atoms with Crippen LogP contribution in [-0.4, -0.2) is 21.6 Å². The summed E-state index contributed by atoms with van der Waals surface area (Å²) in [6, 6.07) is 4.02. The van der Waals surface area contributed by atoms with Gasteiger partial charge in [-0.15, -0.1) is 0 Å². The second-order valence-electron chi connectivity index (χ2n) is 5.41. The van der Waals surface area contributed by atoms with E-state index in [2.05, 4.69) is 10.6 Å². The molecule has 0 amide bonds. The molecular formula is C14H17FN2O2S. The molecule has 0 saturated carbocycles. The lowest BCUT2D eigenvalue weighted by Crippen LogP contribution is -2.47. The molecule has 1 aromatic rings. The Morgan fingerprint density at radius 3 is 2.65 bits per heavy atom. The molecule has 3 N–H and O–H groups in total. The maximum absolute atomic E-state index is 14.1. The summed E-state index contributed by atoms with van der Waals surface area (Å²) in [5.74, 6) is -1.54. The Labute approximate surface area is 122 Å². The lowest BCUT2D eigenvalue weighted by molar-refractivity contribution is 0.0693. The molecule has 0 bridgehead atoms. The van der Waals surface area contributed by atoms with Gasteiger partial charge in [0.2, 0.25) is 0 Å². The Bertz CT molecular complexity index is 576. The predicted molar refractivity (Wildman–Crippen MR) is 78.2 cm³/mol. The number of carboxylic acids is 1. The molecule has 108 valence electrons. The highest BCUT2D eigenvalue weighted by atomic mass is 32.1. The number of carbonyl (C=O) groups is 1. The zero-order chi connectivity index (χ0) is 15.1. The van der Waals surface area contributed by atoms with Gasteiger partial charge in [-0.05, 0) is 25.0 Å². The highest BCUT2D eigenvalue weighted by Gasteiger charge is 2.43. The first kappa shape index (κ1) is 14.9. The van der Waals surface area contributed by atoms with Crippen LogP contribution in [0.2, 0.25) is 0 Å². The Kier molecular flexibility index (Phi) is 3.80. The average molecular weight is 296 g/mol. The van der Waals surface area contributed by atoms with Gasteiger partial charge in [0.15, 0.2) is 0 Å². The van der Waals surface area contributed by atoms with Gasteiger partial charge < -0.3 is 10.4 Å². The average Bonchev–Trinajstić information content (AvgIpc) is 2.66. The van der Waals surface area contributed by atoms with Gasteiger partial charge in [0.25, 0.3) is 0 Å². The molecule has 0 aromatic heterocycles. The number of halogens is 1. The van der Waals surface area contributed by atoms with E-state index < -0.39 is 23.5 Å². The number of benzene rings is 1. The maximum atomic E-state index is 14.1. The molecule has 1 fully saturated rings. The van der Waals surface area contributed by atoms with Gasteiger partial charge in [0, 0.05) is 5.56 Å². The van der Waals surface area contributed by atoms with Crippen molar-refractivity contribution < 1.29 is 14.3 Å². The van der Waals surface area contributed by atoms with E-state index >= 15 is 0 Å². The molecular weight excluding hydrogens is 279 g/mol. The number of thiocarbonyl (C=S) groups is 1. The summed E-state index contributed by atoms with van der Waals surface area (Å²) >= 11 is 5.32. The number of nitrogens with one attached hydrogen (secondary N) is 2. The van der Waals surface area contributed by atoms with Crippen LogP contribution in [0.15, 0.2) is 18.2 Å². The smallest absolute Gasteiger partial charge is 0.336 e. The molecule has 20 heavy (non-hydrogen) atoms. The third kappa shape index (κ3) is 2.29. The summed E-state index contributed by atoms with van der Waals surface area (Å²) in [6.07, 6.45) is -0.637. The van der Waals surface area contributed by atoms with Crippen molar-refractivity contribution in [2.24, 2.45) is 5.92 Å². The van der Waals surface area contributed by atoms with Crippen LogP contribution in [0.5, 0.6) is 0 Å². The van der Waals surface area contributed by atoms with Crippen molar-refractivity contribution >= 4 is 23.2 Å². The number of hydrogen-bond donors (Lipinski definition) is 3. The fraction of sp³-hybridized carbons (Fsp3) is 0.429. The van der Waals surface area contributed by atoms with Gasteiger partial charge in [-0.3, -0.25) is 5.32 Å². The van der Waals surface area contributed by atoms with Crippen molar-refractivity contribution in [1.82, 2.24) is 10.6 Å². The standard InChI is InChI=1S/C14H17FN2O2S/c1-7(2)14(3)13(20)16-11(17-14)10-8(12(18)19)5-4-6-9(10)15/h4-7,11,17H,1-3H3,(H,16,20)(H,18,19). The molecule has 2 unspecified atom stereocenters. The molecule has 1 aromatic carbocycles. The minimum Gasteiger partial charge on any atom is -0.478 e. The molecule has 0 radical (unpaired) electrons. The van der Waals surface area contributed by atoms with Crippen LogP contribution in [0.25, 0.3) is 0 Å². The predicted octanol–water partition coefficient (Wildman–Crippen LogP) is 2.46. The van der Waals surface area contributed by atoms with Gasteiger partial charge in [-0.1, -0.05) is 32.1 Å². The largest absolute Gasteiger partial charge is 0.478 e. The molecule has 1 heterocycles. The molecule has 1 aliphatic rings. The summed E-state index contributed by atoms with van der Waals surface area (Å²) in [4.78, 5) is 11.8. The zero-order valence-corrected chi connectivity index (χ0v) is 12.3. The van der Waals surface area contributed by atoms with Gasteiger partial charge in [-0.2, -0.15) is 0 Å². The first-order valence-electron chi connectivity index (χ1n) is 6.37. The highest BCUT2D eigenvalue weighted by molar-refractivity contribution is 7.80. The lowest BCUT2D eigenvalue weighted by atomic mass is 9.89. The number of carboxylic acid groups (broad SMARTS) is 1. The van der Waals surface area contributed by atoms with Crippen LogP contribution in [0.4, 0.5) is 4.39 Å². The van der Waals surface area contributed by atoms with Crippen molar-refractivity contribution in [3.8, 4) is 0 Å². The minimum atomic E-state index is -1.16. The monoisotopic (exact) mass is 296 g/mol. The second kappa shape index (κ2) is 5.10. The Balaban J connectivity index is 2.45. The molecule has 1 aliphatic heterocycles. The Hall–Kier alpha value is -1.53. The van der Waals surface area contributed by atoms with Gasteiger partial charge in [0.05, 0.1) is 16.1 Å². The number of rotatable bonds is 3. The molecule has 6 heteroatoms.